The number of nitrogens with zero attached hydrogens (tertiary/aromatic N) is 6. The van der Waals surface area contributed by atoms with Crippen LogP contribution in [0.1, 0.15) is 10.4 Å². The number of hydrogen-bond acceptors (Lipinski definition) is 9. The van der Waals surface area contributed by atoms with Gasteiger partial charge in [0.2, 0.25) is 10.3 Å². The number of fused-ring (bicyclic) bond motifs is 1. The van der Waals surface area contributed by atoms with Gasteiger partial charge in [0.05, 0.1) is 15.8 Å². The second-order valence-electron chi connectivity index (χ2n) is 4.26. The first-order valence-corrected chi connectivity index (χ1v) is 8.72. The molecule has 23 heavy (non-hydrogen) atoms. The number of hydrogen-bond donors (Lipinski definition) is 1. The highest BCUT2D eigenvalue weighted by Crippen LogP contribution is 2.34. The Bertz CT molecular complexity index is 994. The summed E-state index contributed by atoms with van der Waals surface area (Å²) in [6.07, 6.45) is 1.68. The van der Waals surface area contributed by atoms with Gasteiger partial charge < -0.3 is 5.11 Å². The summed E-state index contributed by atoms with van der Waals surface area (Å²) in [5, 5.41) is 23.7. The van der Waals surface area contributed by atoms with Gasteiger partial charge in [-0.3, -0.25) is 0 Å². The molecule has 0 aliphatic rings. The lowest BCUT2D eigenvalue weighted by Gasteiger charge is -1.96. The molecule has 0 aliphatic carbocycles. The Hall–Kier alpha value is -2.37. The highest BCUT2D eigenvalue weighted by atomic mass is 32.2. The van der Waals surface area contributed by atoms with Crippen LogP contribution in [0, 0.1) is 0 Å². The van der Waals surface area contributed by atoms with Gasteiger partial charge in [-0.1, -0.05) is 0 Å². The van der Waals surface area contributed by atoms with Crippen LogP contribution in [0.5, 0.6) is 0 Å². The first-order chi connectivity index (χ1) is 11.2. The van der Waals surface area contributed by atoms with Crippen molar-refractivity contribution < 1.29 is 9.90 Å². The van der Waals surface area contributed by atoms with E-state index in [1.54, 1.807) is 29.1 Å². The summed E-state index contributed by atoms with van der Waals surface area (Å²) in [4.78, 5) is 19.7. The number of tetrazole rings is 1. The summed E-state index contributed by atoms with van der Waals surface area (Å²) in [6.45, 7) is 0. The number of benzene rings is 1. The Balaban J connectivity index is 1.68. The first-order valence-electron chi connectivity index (χ1n) is 6.21. The maximum absolute atomic E-state index is 11.0. The number of thiazole rings is 2. The Kier molecular flexibility index (Phi) is 3.52. The van der Waals surface area contributed by atoms with E-state index in [1.165, 1.54) is 34.4 Å². The van der Waals surface area contributed by atoms with Crippen molar-refractivity contribution >= 4 is 50.6 Å². The molecular formula is C12H6N6O2S3. The molecule has 0 spiro atoms. The van der Waals surface area contributed by atoms with Crippen molar-refractivity contribution in [1.29, 1.82) is 0 Å². The van der Waals surface area contributed by atoms with Crippen molar-refractivity contribution in [2.24, 2.45) is 0 Å². The third-order valence-corrected chi connectivity index (χ3v) is 5.60. The summed E-state index contributed by atoms with van der Waals surface area (Å²) in [7, 11) is 0. The smallest absolute Gasteiger partial charge is 0.335 e. The van der Waals surface area contributed by atoms with E-state index in [0.717, 1.165) is 14.6 Å². The Morgan fingerprint density at radius 2 is 2.26 bits per heavy atom. The molecule has 114 valence electrons. The molecule has 11 heteroatoms. The van der Waals surface area contributed by atoms with E-state index < -0.39 is 5.97 Å². The van der Waals surface area contributed by atoms with Gasteiger partial charge >= 0.3 is 5.97 Å². The molecule has 3 aromatic heterocycles. The van der Waals surface area contributed by atoms with Gasteiger partial charge in [0.15, 0.2) is 4.34 Å². The number of carboxylic acids is 1. The summed E-state index contributed by atoms with van der Waals surface area (Å²) >= 11 is 4.14. The maximum Gasteiger partial charge on any atom is 0.335 e. The molecule has 0 saturated carbocycles. The van der Waals surface area contributed by atoms with Crippen molar-refractivity contribution in [1.82, 2.24) is 30.2 Å². The van der Waals surface area contributed by atoms with Crippen molar-refractivity contribution in [2.75, 3.05) is 0 Å². The average molecular weight is 362 g/mol. The zero-order valence-electron chi connectivity index (χ0n) is 11.2. The number of aromatic nitrogens is 6. The molecule has 0 fully saturated rings. The van der Waals surface area contributed by atoms with E-state index in [4.69, 9.17) is 5.11 Å². The van der Waals surface area contributed by atoms with Crippen LogP contribution in [0.3, 0.4) is 0 Å². The van der Waals surface area contributed by atoms with Crippen LogP contribution in [-0.2, 0) is 0 Å². The van der Waals surface area contributed by atoms with Crippen LogP contribution in [0.15, 0.2) is 39.3 Å². The Morgan fingerprint density at radius 3 is 3.04 bits per heavy atom. The third kappa shape index (κ3) is 2.69. The Labute approximate surface area is 140 Å². The van der Waals surface area contributed by atoms with Crippen LogP contribution in [0.4, 0.5) is 0 Å². The molecule has 0 atom stereocenters. The second kappa shape index (κ2) is 5.68. The van der Waals surface area contributed by atoms with Gasteiger partial charge in [0.1, 0.15) is 0 Å². The van der Waals surface area contributed by atoms with Gasteiger partial charge in [0.25, 0.3) is 0 Å². The zero-order valence-corrected chi connectivity index (χ0v) is 13.6. The third-order valence-electron chi connectivity index (χ3n) is 2.84. The predicted octanol–water partition coefficient (Wildman–Crippen LogP) is 2.58. The summed E-state index contributed by atoms with van der Waals surface area (Å²) < 4.78 is 3.08. The minimum atomic E-state index is -0.956. The van der Waals surface area contributed by atoms with Crippen molar-refractivity contribution in [3.05, 3.63) is 35.3 Å². The largest absolute Gasteiger partial charge is 0.478 e. The zero-order chi connectivity index (χ0) is 15.8. The monoisotopic (exact) mass is 362 g/mol. The van der Waals surface area contributed by atoms with Crippen LogP contribution in [-0.4, -0.2) is 41.3 Å². The Morgan fingerprint density at radius 1 is 1.35 bits per heavy atom. The number of carbonyl (C=O) groups is 1. The standard InChI is InChI=1S/C12H6N6O2S3/c19-9(20)6-1-2-7-8(5-6)22-12(14-7)23-11-15-16-17-18(11)10-13-3-4-21-10/h1-5H,(H,19,20). The van der Waals surface area contributed by atoms with E-state index in [1.807, 2.05) is 5.38 Å². The van der Waals surface area contributed by atoms with E-state index in [9.17, 15) is 4.79 Å². The van der Waals surface area contributed by atoms with Crippen molar-refractivity contribution in [3.63, 3.8) is 0 Å². The lowest BCUT2D eigenvalue weighted by molar-refractivity contribution is 0.0697. The minimum Gasteiger partial charge on any atom is -0.478 e. The molecule has 0 radical (unpaired) electrons. The summed E-state index contributed by atoms with van der Waals surface area (Å²) in [6, 6.07) is 4.85. The van der Waals surface area contributed by atoms with Gasteiger partial charge in [-0.25, -0.2) is 14.8 Å². The van der Waals surface area contributed by atoms with Gasteiger partial charge in [-0.15, -0.1) is 27.8 Å². The summed E-state index contributed by atoms with van der Waals surface area (Å²) in [5.41, 5.74) is 0.987. The van der Waals surface area contributed by atoms with Gasteiger partial charge in [-0.2, -0.15) is 4.68 Å². The van der Waals surface area contributed by atoms with E-state index in [2.05, 4.69) is 25.5 Å². The second-order valence-corrected chi connectivity index (χ2v) is 7.38. The van der Waals surface area contributed by atoms with Crippen molar-refractivity contribution in [2.45, 2.75) is 9.50 Å². The van der Waals surface area contributed by atoms with Crippen LogP contribution < -0.4 is 0 Å². The topological polar surface area (TPSA) is 107 Å². The highest BCUT2D eigenvalue weighted by Gasteiger charge is 2.15. The fraction of sp³-hybridized carbons (Fsp3) is 0. The molecular weight excluding hydrogens is 356 g/mol. The minimum absolute atomic E-state index is 0.241. The normalized spacial score (nSPS) is 11.1. The molecule has 0 saturated heterocycles. The lowest BCUT2D eigenvalue weighted by atomic mass is 10.2. The van der Waals surface area contributed by atoms with Crippen LogP contribution in [0.2, 0.25) is 0 Å². The molecule has 1 aromatic carbocycles. The molecule has 0 bridgehead atoms. The molecule has 8 nitrogen and oxygen atoms in total. The molecule has 4 rings (SSSR count). The van der Waals surface area contributed by atoms with Gasteiger partial charge in [0, 0.05) is 11.6 Å². The fourth-order valence-corrected chi connectivity index (χ4v) is 4.47. The lowest BCUT2D eigenvalue weighted by Crippen LogP contribution is -1.97. The highest BCUT2D eigenvalue weighted by molar-refractivity contribution is 8.01. The SMILES string of the molecule is O=C(O)c1ccc2nc(Sc3nnnn3-c3nccs3)sc2c1. The van der Waals surface area contributed by atoms with E-state index >= 15 is 0 Å². The molecule has 0 aliphatic heterocycles. The molecule has 1 N–H and O–H groups in total. The number of carboxylic acid groups (broad SMARTS) is 1. The summed E-state index contributed by atoms with van der Waals surface area (Å²) in [5.74, 6) is -0.956. The van der Waals surface area contributed by atoms with Gasteiger partial charge in [-0.05, 0) is 40.4 Å². The van der Waals surface area contributed by atoms with E-state index in [-0.39, 0.29) is 5.56 Å². The number of rotatable bonds is 4. The predicted molar refractivity (Wildman–Crippen MR) is 85.5 cm³/mol. The average Bonchev–Trinajstić information content (AvgIpc) is 3.26. The fourth-order valence-electron chi connectivity index (χ4n) is 1.84. The first kappa shape index (κ1) is 14.2. The number of aromatic carboxylic acids is 1. The molecule has 4 aromatic rings. The van der Waals surface area contributed by atoms with E-state index in [0.29, 0.717) is 10.3 Å². The molecule has 0 unspecified atom stereocenters. The van der Waals surface area contributed by atoms with Crippen molar-refractivity contribution in [3.8, 4) is 5.13 Å². The quantitative estimate of drug-likeness (QED) is 0.590. The van der Waals surface area contributed by atoms with Crippen LogP contribution in [0.25, 0.3) is 15.3 Å². The molecule has 0 amide bonds. The molecule has 3 heterocycles. The maximum atomic E-state index is 11.0. The van der Waals surface area contributed by atoms with Crippen LogP contribution >= 0.6 is 34.4 Å².